The van der Waals surface area contributed by atoms with Gasteiger partial charge < -0.3 is 19.5 Å². The summed E-state index contributed by atoms with van der Waals surface area (Å²) in [5.41, 5.74) is 0.422. The predicted octanol–water partition coefficient (Wildman–Crippen LogP) is 3.92. The fourth-order valence-corrected chi connectivity index (χ4v) is 3.83. The monoisotopic (exact) mass is 406 g/mol. The van der Waals surface area contributed by atoms with Crippen molar-refractivity contribution in [2.75, 3.05) is 32.8 Å². The number of nitrogens with zero attached hydrogens (tertiary/aromatic N) is 2. The maximum atomic E-state index is 12.3. The highest BCUT2D eigenvalue weighted by molar-refractivity contribution is 5.68. The van der Waals surface area contributed by atoms with Crippen LogP contribution in [-0.4, -0.2) is 65.4 Å². The summed E-state index contributed by atoms with van der Waals surface area (Å²) >= 11 is 0. The normalized spacial score (nSPS) is 22.2. The number of piperidine rings is 1. The van der Waals surface area contributed by atoms with Crippen molar-refractivity contribution in [2.45, 2.75) is 65.7 Å². The van der Waals surface area contributed by atoms with Gasteiger partial charge in [-0.15, -0.1) is 0 Å². The lowest BCUT2D eigenvalue weighted by atomic mass is 9.91. The number of amides is 1. The summed E-state index contributed by atoms with van der Waals surface area (Å²) in [5, 5.41) is 9.23. The van der Waals surface area contributed by atoms with E-state index in [4.69, 9.17) is 9.47 Å². The van der Waals surface area contributed by atoms with Crippen LogP contribution in [0.25, 0.3) is 0 Å². The lowest BCUT2D eigenvalue weighted by Gasteiger charge is -2.46. The zero-order valence-corrected chi connectivity index (χ0v) is 18.7. The maximum Gasteiger partial charge on any atom is 0.410 e. The van der Waals surface area contributed by atoms with Gasteiger partial charge in [0.25, 0.3) is 0 Å². The maximum absolute atomic E-state index is 12.3. The molecule has 3 rings (SSSR count). The first-order chi connectivity index (χ1) is 13.8. The average Bonchev–Trinajstić information content (AvgIpc) is 2.72. The molecule has 2 atom stereocenters. The number of hydrogen-bond donors (Lipinski definition) is 1. The van der Waals surface area contributed by atoms with Crippen LogP contribution in [0.5, 0.6) is 5.75 Å². The van der Waals surface area contributed by atoms with Gasteiger partial charge in [-0.25, -0.2) is 4.79 Å². The summed E-state index contributed by atoms with van der Waals surface area (Å²) in [6.45, 7) is 13.8. The lowest BCUT2D eigenvalue weighted by molar-refractivity contribution is -0.0122. The molecule has 29 heavy (non-hydrogen) atoms. The van der Waals surface area contributed by atoms with E-state index >= 15 is 0 Å². The van der Waals surface area contributed by atoms with Gasteiger partial charge in [0.15, 0.2) is 0 Å². The third-order valence-electron chi connectivity index (χ3n) is 5.22. The first kappa shape index (κ1) is 23.5. The van der Waals surface area contributed by atoms with E-state index in [0.717, 1.165) is 50.3 Å². The molecule has 0 aliphatic carbocycles. The minimum atomic E-state index is -0.448. The van der Waals surface area contributed by atoms with Gasteiger partial charge in [-0.05, 0) is 51.3 Å². The molecule has 6 nitrogen and oxygen atoms in total. The minimum Gasteiger partial charge on any atom is -0.493 e. The summed E-state index contributed by atoms with van der Waals surface area (Å²) in [7, 11) is 0. The molecule has 1 unspecified atom stereocenters. The Hall–Kier alpha value is -1.79. The van der Waals surface area contributed by atoms with E-state index in [1.807, 2.05) is 63.8 Å². The van der Waals surface area contributed by atoms with E-state index in [9.17, 15) is 9.90 Å². The van der Waals surface area contributed by atoms with Gasteiger partial charge in [0, 0.05) is 38.1 Å². The molecule has 0 bridgehead atoms. The average molecular weight is 407 g/mol. The van der Waals surface area contributed by atoms with Crippen LogP contribution in [-0.2, 0) is 11.3 Å². The molecular weight excluding hydrogens is 368 g/mol. The molecule has 1 aromatic carbocycles. The number of fused-ring (bicyclic) bond motifs is 1. The van der Waals surface area contributed by atoms with E-state index in [0.29, 0.717) is 18.6 Å². The standard InChI is InChI=1S/C21H32N2O4.C2H6/c1-21(2,3)27-20(25)23-10-9-22-12-17(7-8-18(22)13-23)15-26-19-6-4-5-16(11-19)14-24;1-2/h4-6,11,17-18,24H,7-10,12-15H2,1-3H3;1-2H3/t17?,18-;/m0./s1. The van der Waals surface area contributed by atoms with Crippen molar-refractivity contribution in [2.24, 2.45) is 5.92 Å². The van der Waals surface area contributed by atoms with Crippen molar-refractivity contribution >= 4 is 6.09 Å². The second-order valence-electron chi connectivity index (χ2n) is 8.64. The molecule has 2 fully saturated rings. The Labute approximate surface area is 175 Å². The molecule has 1 amide bonds. The summed E-state index contributed by atoms with van der Waals surface area (Å²) in [6.07, 6.45) is 1.98. The van der Waals surface area contributed by atoms with Gasteiger partial charge >= 0.3 is 6.09 Å². The fourth-order valence-electron chi connectivity index (χ4n) is 3.83. The number of rotatable bonds is 4. The summed E-state index contributed by atoms with van der Waals surface area (Å²) < 4.78 is 11.5. The van der Waals surface area contributed by atoms with Crippen molar-refractivity contribution in [3.8, 4) is 5.75 Å². The van der Waals surface area contributed by atoms with Crippen LogP contribution in [0, 0.1) is 5.92 Å². The van der Waals surface area contributed by atoms with E-state index in [-0.39, 0.29) is 12.7 Å². The topological polar surface area (TPSA) is 62.2 Å². The Bertz CT molecular complexity index is 644. The number of hydrogen-bond acceptors (Lipinski definition) is 5. The lowest BCUT2D eigenvalue weighted by Crippen LogP contribution is -2.58. The zero-order valence-electron chi connectivity index (χ0n) is 18.7. The number of ether oxygens (including phenoxy) is 2. The number of benzene rings is 1. The summed E-state index contributed by atoms with van der Waals surface area (Å²) in [6, 6.07) is 8.05. The molecule has 0 radical (unpaired) electrons. The molecule has 1 N–H and O–H groups in total. The van der Waals surface area contributed by atoms with Gasteiger partial charge in [-0.1, -0.05) is 26.0 Å². The highest BCUT2D eigenvalue weighted by atomic mass is 16.6. The Morgan fingerprint density at radius 2 is 1.93 bits per heavy atom. The number of piperazine rings is 1. The van der Waals surface area contributed by atoms with E-state index < -0.39 is 5.60 Å². The smallest absolute Gasteiger partial charge is 0.410 e. The molecule has 2 aliphatic rings. The highest BCUT2D eigenvalue weighted by Crippen LogP contribution is 2.27. The molecule has 2 heterocycles. The molecule has 0 aromatic heterocycles. The van der Waals surface area contributed by atoms with Gasteiger partial charge in [0.1, 0.15) is 11.4 Å². The molecule has 2 saturated heterocycles. The molecule has 6 heteroatoms. The first-order valence-corrected chi connectivity index (χ1v) is 10.9. The first-order valence-electron chi connectivity index (χ1n) is 10.9. The van der Waals surface area contributed by atoms with Gasteiger partial charge in [0.05, 0.1) is 13.2 Å². The van der Waals surface area contributed by atoms with Crippen LogP contribution in [0.1, 0.15) is 53.0 Å². The van der Waals surface area contributed by atoms with Crippen molar-refractivity contribution < 1.29 is 19.4 Å². The number of aliphatic hydroxyl groups excluding tert-OH is 1. The fraction of sp³-hybridized carbons (Fsp3) is 0.696. The number of carbonyl (C=O) groups excluding carboxylic acids is 1. The van der Waals surface area contributed by atoms with Gasteiger partial charge in [-0.3, -0.25) is 4.90 Å². The Morgan fingerprint density at radius 3 is 2.62 bits per heavy atom. The van der Waals surface area contributed by atoms with Crippen molar-refractivity contribution in [3.63, 3.8) is 0 Å². The third-order valence-corrected chi connectivity index (χ3v) is 5.22. The number of aliphatic hydroxyl groups is 1. The van der Waals surface area contributed by atoms with Crippen LogP contribution in [0.3, 0.4) is 0 Å². The predicted molar refractivity (Wildman–Crippen MR) is 115 cm³/mol. The van der Waals surface area contributed by atoms with E-state index in [2.05, 4.69) is 4.90 Å². The SMILES string of the molecule is CC.CC(C)(C)OC(=O)N1CCN2CC(COc3cccc(CO)c3)CC[C@H]2C1. The molecule has 2 aliphatic heterocycles. The largest absolute Gasteiger partial charge is 0.493 e. The van der Waals surface area contributed by atoms with Crippen LogP contribution < -0.4 is 4.74 Å². The van der Waals surface area contributed by atoms with Crippen LogP contribution in [0.2, 0.25) is 0 Å². The van der Waals surface area contributed by atoms with Crippen molar-refractivity contribution in [1.29, 1.82) is 0 Å². The molecule has 0 spiro atoms. The quantitative estimate of drug-likeness (QED) is 0.821. The molecule has 0 saturated carbocycles. The Kier molecular flexibility index (Phi) is 8.78. The second kappa shape index (κ2) is 10.8. The van der Waals surface area contributed by atoms with Crippen LogP contribution >= 0.6 is 0 Å². The molecular formula is C23H38N2O4. The zero-order chi connectivity index (χ0) is 21.4. The molecule has 1 aromatic rings. The van der Waals surface area contributed by atoms with Crippen LogP contribution in [0.15, 0.2) is 24.3 Å². The molecule has 164 valence electrons. The number of carbonyl (C=O) groups is 1. The van der Waals surface area contributed by atoms with Crippen LogP contribution in [0.4, 0.5) is 4.79 Å². The summed E-state index contributed by atoms with van der Waals surface area (Å²) in [5.74, 6) is 1.31. The Morgan fingerprint density at radius 1 is 1.17 bits per heavy atom. The van der Waals surface area contributed by atoms with Crippen molar-refractivity contribution in [3.05, 3.63) is 29.8 Å². The second-order valence-corrected chi connectivity index (χ2v) is 8.64. The van der Waals surface area contributed by atoms with E-state index in [1.165, 1.54) is 0 Å². The van der Waals surface area contributed by atoms with Gasteiger partial charge in [0.2, 0.25) is 0 Å². The minimum absolute atomic E-state index is 0.0320. The summed E-state index contributed by atoms with van der Waals surface area (Å²) in [4.78, 5) is 16.7. The van der Waals surface area contributed by atoms with Crippen molar-refractivity contribution in [1.82, 2.24) is 9.80 Å². The highest BCUT2D eigenvalue weighted by Gasteiger charge is 2.35. The van der Waals surface area contributed by atoms with E-state index in [1.54, 1.807) is 0 Å². The Balaban J connectivity index is 0.00000145. The van der Waals surface area contributed by atoms with Gasteiger partial charge in [-0.2, -0.15) is 0 Å². The third kappa shape index (κ3) is 7.19.